The van der Waals surface area contributed by atoms with Crippen molar-refractivity contribution in [3.63, 3.8) is 0 Å². The molecule has 144 valence electrons. The molecule has 0 aliphatic rings. The van der Waals surface area contributed by atoms with Crippen molar-refractivity contribution < 1.29 is 43.5 Å². The van der Waals surface area contributed by atoms with Crippen LogP contribution in [0.1, 0.15) is 0 Å². The second-order valence-electron chi connectivity index (χ2n) is 4.02. The van der Waals surface area contributed by atoms with E-state index in [-0.39, 0.29) is 15.7 Å². The third-order valence-electron chi connectivity index (χ3n) is 1.78. The zero-order valence-electron chi connectivity index (χ0n) is 11.3. The molecular weight excluding hydrogens is 450 g/mol. The fraction of sp³-hybridized carbons (Fsp3) is 0.125. The molecule has 0 unspecified atom stereocenters. The summed E-state index contributed by atoms with van der Waals surface area (Å²) >= 11 is 11.4. The fourth-order valence-corrected chi connectivity index (χ4v) is 3.26. The Morgan fingerprint density at radius 2 is 1.52 bits per heavy atom. The van der Waals surface area contributed by atoms with Gasteiger partial charge < -0.3 is 5.11 Å². The smallest absolute Gasteiger partial charge is 0.388 e. The van der Waals surface area contributed by atoms with Gasteiger partial charge in [0.25, 0.3) is 0 Å². The van der Waals surface area contributed by atoms with Gasteiger partial charge in [0.15, 0.2) is 4.98 Å². The quantitative estimate of drug-likeness (QED) is 0.367. The van der Waals surface area contributed by atoms with Gasteiger partial charge in [0, 0.05) is 0 Å². The topological polar surface area (TPSA) is 112 Å². The predicted octanol–water partition coefficient (Wildman–Crippen LogP) is 5.22. The van der Waals surface area contributed by atoms with E-state index in [9.17, 15) is 38.4 Å². The standard InChI is InChI=1S/C8H5Cl2N3O4S.F6P/c9-5-1-4(13-11)2-6(10)8(5)18(16,17)12-3-7(14)15;1-7(2,3,4,5)6/h1-2,12H,3H2;/q;-1/p+1. The molecule has 17 heteroatoms. The van der Waals surface area contributed by atoms with Crippen molar-refractivity contribution in [2.24, 2.45) is 0 Å². The summed E-state index contributed by atoms with van der Waals surface area (Å²) in [4.78, 5) is 12.6. The second kappa shape index (κ2) is 6.73. The third-order valence-corrected chi connectivity index (χ3v) is 4.10. The van der Waals surface area contributed by atoms with Gasteiger partial charge in [0.1, 0.15) is 11.4 Å². The molecule has 0 aliphatic heterocycles. The number of nitrogens with zero attached hydrogens (tertiary/aromatic N) is 2. The molecule has 1 aromatic rings. The average molecular weight is 456 g/mol. The van der Waals surface area contributed by atoms with Gasteiger partial charge in [0.2, 0.25) is 15.4 Å². The van der Waals surface area contributed by atoms with Crippen LogP contribution in [0.25, 0.3) is 4.98 Å². The first-order valence-electron chi connectivity index (χ1n) is 5.35. The number of halogens is 8. The Bertz CT molecular complexity index is 806. The van der Waals surface area contributed by atoms with Crippen LogP contribution in [0.4, 0.5) is 30.9 Å². The molecule has 0 spiro atoms. The summed E-state index contributed by atoms with van der Waals surface area (Å²) in [5.74, 6) is -1.35. The summed E-state index contributed by atoms with van der Waals surface area (Å²) in [5.41, 5.74) is -0.0258. The number of carboxylic acids is 1. The normalized spacial score (nSPS) is 14.4. The summed E-state index contributed by atoms with van der Waals surface area (Å²) in [6.45, 7) is -0.804. The maximum absolute atomic E-state index is 11.7. The van der Waals surface area contributed by atoms with Gasteiger partial charge in [-0.2, -0.15) is 4.72 Å². The molecule has 0 atom stereocenters. The van der Waals surface area contributed by atoms with Crippen molar-refractivity contribution in [2.45, 2.75) is 4.90 Å². The van der Waals surface area contributed by atoms with E-state index in [0.29, 0.717) is 0 Å². The molecule has 2 N–H and O–H groups in total. The van der Waals surface area contributed by atoms with Gasteiger partial charge in [-0.3, -0.25) is 4.79 Å². The van der Waals surface area contributed by atoms with Gasteiger partial charge in [-0.25, -0.2) is 8.42 Å². The molecule has 1 rings (SSSR count). The van der Waals surface area contributed by atoms with E-state index in [2.05, 4.69) is 4.98 Å². The molecule has 0 fully saturated rings. The summed E-state index contributed by atoms with van der Waals surface area (Å²) in [5, 5.41) is 16.4. The van der Waals surface area contributed by atoms with Gasteiger partial charge in [-0.05, 0) is 0 Å². The number of benzene rings is 1. The van der Waals surface area contributed by atoms with E-state index in [0.717, 1.165) is 12.1 Å². The number of hydrogen-bond acceptors (Lipinski definition) is 4. The minimum atomic E-state index is -10.7. The van der Waals surface area contributed by atoms with Gasteiger partial charge >= 0.3 is 44.6 Å². The molecule has 25 heavy (non-hydrogen) atoms. The number of nitrogens with one attached hydrogen (secondary N) is 1. The van der Waals surface area contributed by atoms with Crippen LogP contribution >= 0.6 is 31.0 Å². The average Bonchev–Trinajstić information content (AvgIpc) is 2.31. The Labute approximate surface area is 145 Å². The van der Waals surface area contributed by atoms with Crippen molar-refractivity contribution >= 4 is 52.7 Å². The van der Waals surface area contributed by atoms with Crippen molar-refractivity contribution in [2.75, 3.05) is 6.54 Å². The molecule has 0 saturated carbocycles. The van der Waals surface area contributed by atoms with Crippen LogP contribution in [0.5, 0.6) is 0 Å². The number of carbonyl (C=O) groups is 1. The van der Waals surface area contributed by atoms with E-state index in [1.807, 2.05) is 0 Å². The van der Waals surface area contributed by atoms with Crippen LogP contribution in [-0.2, 0) is 14.8 Å². The van der Waals surface area contributed by atoms with Crippen LogP contribution in [0.3, 0.4) is 0 Å². The maximum atomic E-state index is 11.7. The van der Waals surface area contributed by atoms with E-state index < -0.39 is 35.2 Å². The first-order valence-corrected chi connectivity index (χ1v) is 9.61. The van der Waals surface area contributed by atoms with Crippen molar-refractivity contribution in [3.05, 3.63) is 27.2 Å². The van der Waals surface area contributed by atoms with Crippen molar-refractivity contribution in [1.82, 2.24) is 4.72 Å². The van der Waals surface area contributed by atoms with Gasteiger partial charge in [0.05, 0.1) is 22.2 Å². The second-order valence-corrected chi connectivity index (χ2v) is 8.45. The first-order chi connectivity index (χ1) is 10.7. The Hall–Kier alpha value is -1.39. The minimum absolute atomic E-state index is 0.0258. The summed E-state index contributed by atoms with van der Waals surface area (Å²) in [6, 6.07) is 2.14. The minimum Gasteiger partial charge on any atom is -0.480 e. The molecule has 1 aromatic carbocycles. The summed E-state index contributed by atoms with van der Waals surface area (Å²) < 4.78 is 84.5. The van der Waals surface area contributed by atoms with E-state index in [4.69, 9.17) is 33.7 Å². The van der Waals surface area contributed by atoms with Gasteiger partial charge in [-0.15, -0.1) is 0 Å². The van der Waals surface area contributed by atoms with Crippen LogP contribution in [0.15, 0.2) is 17.0 Å². The number of carboxylic acid groups (broad SMARTS) is 1. The van der Waals surface area contributed by atoms with Gasteiger partial charge in [-0.1, -0.05) is 23.2 Å². The SMILES string of the molecule is F[P-](F)(F)(F)(F)F.N#[N+]c1cc(Cl)c(S(=O)(=O)NCC(=O)O)c(Cl)c1. The molecule has 7 nitrogen and oxygen atoms in total. The number of hydrogen-bond donors (Lipinski definition) is 2. The summed E-state index contributed by atoms with van der Waals surface area (Å²) in [7, 11) is -14.8. The largest absolute Gasteiger partial charge is 0.480 e. The van der Waals surface area contributed by atoms with E-state index in [1.165, 1.54) is 0 Å². The molecule has 0 bridgehead atoms. The first kappa shape index (κ1) is 23.6. The monoisotopic (exact) mass is 455 g/mol. The van der Waals surface area contributed by atoms with Crippen LogP contribution in [0, 0.1) is 5.39 Å². The van der Waals surface area contributed by atoms with Crippen LogP contribution in [0.2, 0.25) is 10.0 Å². The molecular formula is C8H6Cl2F6N3O4PS. The molecule has 0 aliphatic carbocycles. The van der Waals surface area contributed by atoms with Crippen LogP contribution in [-0.4, -0.2) is 26.0 Å². The Morgan fingerprint density at radius 1 is 1.16 bits per heavy atom. The number of diazo groups is 1. The molecule has 0 radical (unpaired) electrons. The van der Waals surface area contributed by atoms with Crippen LogP contribution < -0.4 is 4.72 Å². The summed E-state index contributed by atoms with van der Waals surface area (Å²) in [6.07, 6.45) is 0. The molecule has 0 saturated heterocycles. The predicted molar refractivity (Wildman–Crippen MR) is 77.6 cm³/mol. The van der Waals surface area contributed by atoms with Crippen molar-refractivity contribution in [3.8, 4) is 0 Å². The van der Waals surface area contributed by atoms with E-state index >= 15 is 0 Å². The number of sulfonamides is 1. The van der Waals surface area contributed by atoms with E-state index in [1.54, 1.807) is 4.72 Å². The van der Waals surface area contributed by atoms with Crippen molar-refractivity contribution in [1.29, 1.82) is 5.39 Å². The third kappa shape index (κ3) is 11.7. The molecule has 0 amide bonds. The zero-order chi connectivity index (χ0) is 20.3. The Morgan fingerprint density at radius 3 is 1.80 bits per heavy atom. The number of aliphatic carboxylic acids is 1. The zero-order valence-corrected chi connectivity index (χ0v) is 14.5. The molecule has 0 aromatic heterocycles. The maximum Gasteiger partial charge on any atom is 0.388 e. The Kier molecular flexibility index (Phi) is 6.36. The fourth-order valence-electron chi connectivity index (χ4n) is 1.09. The Balaban J connectivity index is 0.000000697. The number of rotatable bonds is 4. The molecule has 0 heterocycles.